The van der Waals surface area contributed by atoms with E-state index in [1.807, 2.05) is 10.9 Å². The molecule has 0 aromatic carbocycles. The number of hydrogen-bond donors (Lipinski definition) is 0. The Morgan fingerprint density at radius 2 is 2.50 bits per heavy atom. The standard InChI is InChI=1S/C7H11ClN2/c1-3-6(2)10-5-7(8)4-9-10/h4-6H,3H2,1-2H3. The van der Waals surface area contributed by atoms with Gasteiger partial charge in [0.2, 0.25) is 0 Å². The highest BCUT2D eigenvalue weighted by atomic mass is 35.5. The van der Waals surface area contributed by atoms with E-state index in [9.17, 15) is 0 Å². The molecule has 0 saturated heterocycles. The van der Waals surface area contributed by atoms with Gasteiger partial charge in [0, 0.05) is 12.2 Å². The summed E-state index contributed by atoms with van der Waals surface area (Å²) in [6.45, 7) is 4.24. The Bertz CT molecular complexity index is 207. The zero-order chi connectivity index (χ0) is 7.56. The van der Waals surface area contributed by atoms with Gasteiger partial charge in [0.25, 0.3) is 0 Å². The Balaban J connectivity index is 2.74. The van der Waals surface area contributed by atoms with Gasteiger partial charge in [0.1, 0.15) is 0 Å². The van der Waals surface area contributed by atoms with E-state index in [2.05, 4.69) is 18.9 Å². The van der Waals surface area contributed by atoms with Gasteiger partial charge < -0.3 is 0 Å². The first kappa shape index (κ1) is 7.61. The summed E-state index contributed by atoms with van der Waals surface area (Å²) in [5.74, 6) is 0. The lowest BCUT2D eigenvalue weighted by Crippen LogP contribution is -2.03. The molecule has 1 aromatic rings. The first-order valence-corrected chi connectivity index (χ1v) is 3.81. The number of aromatic nitrogens is 2. The maximum absolute atomic E-state index is 5.68. The van der Waals surface area contributed by atoms with Gasteiger partial charge in [-0.25, -0.2) is 0 Å². The molecule has 10 heavy (non-hydrogen) atoms. The summed E-state index contributed by atoms with van der Waals surface area (Å²) in [6.07, 6.45) is 4.58. The third-order valence-electron chi connectivity index (χ3n) is 1.61. The summed E-state index contributed by atoms with van der Waals surface area (Å²) in [4.78, 5) is 0. The van der Waals surface area contributed by atoms with Gasteiger partial charge >= 0.3 is 0 Å². The molecule has 2 nitrogen and oxygen atoms in total. The van der Waals surface area contributed by atoms with Crippen molar-refractivity contribution in [1.29, 1.82) is 0 Å². The maximum Gasteiger partial charge on any atom is 0.0785 e. The molecular formula is C7H11ClN2. The molecule has 0 spiro atoms. The molecule has 1 heterocycles. The number of halogens is 1. The van der Waals surface area contributed by atoms with E-state index in [1.54, 1.807) is 6.20 Å². The first-order valence-electron chi connectivity index (χ1n) is 3.43. The van der Waals surface area contributed by atoms with Crippen molar-refractivity contribution in [3.63, 3.8) is 0 Å². The molecule has 3 heteroatoms. The van der Waals surface area contributed by atoms with Crippen molar-refractivity contribution < 1.29 is 0 Å². The van der Waals surface area contributed by atoms with E-state index >= 15 is 0 Å². The lowest BCUT2D eigenvalue weighted by atomic mass is 10.3. The SMILES string of the molecule is CCC(C)n1cc(Cl)cn1. The zero-order valence-electron chi connectivity index (χ0n) is 6.21. The molecule has 0 bridgehead atoms. The van der Waals surface area contributed by atoms with Gasteiger partial charge in [-0.05, 0) is 13.3 Å². The lowest BCUT2D eigenvalue weighted by molar-refractivity contribution is 0.478. The lowest BCUT2D eigenvalue weighted by Gasteiger charge is -2.06. The Kier molecular flexibility index (Phi) is 2.33. The van der Waals surface area contributed by atoms with E-state index in [0.29, 0.717) is 11.1 Å². The Hall–Kier alpha value is -0.500. The van der Waals surface area contributed by atoms with Crippen LogP contribution in [-0.4, -0.2) is 9.78 Å². The number of rotatable bonds is 2. The number of nitrogens with zero attached hydrogens (tertiary/aromatic N) is 2. The van der Waals surface area contributed by atoms with Crippen LogP contribution in [0.25, 0.3) is 0 Å². The highest BCUT2D eigenvalue weighted by Gasteiger charge is 2.01. The minimum atomic E-state index is 0.451. The normalized spacial score (nSPS) is 13.5. The van der Waals surface area contributed by atoms with Crippen LogP contribution in [0.4, 0.5) is 0 Å². The summed E-state index contributed by atoms with van der Waals surface area (Å²) in [5.41, 5.74) is 0. The molecule has 0 amide bonds. The van der Waals surface area contributed by atoms with Gasteiger partial charge in [0.15, 0.2) is 0 Å². The van der Waals surface area contributed by atoms with Crippen molar-refractivity contribution >= 4 is 11.6 Å². The highest BCUT2D eigenvalue weighted by Crippen LogP contribution is 2.12. The summed E-state index contributed by atoms with van der Waals surface area (Å²) >= 11 is 5.68. The molecule has 1 atom stereocenters. The van der Waals surface area contributed by atoms with Crippen molar-refractivity contribution in [3.05, 3.63) is 17.4 Å². The largest absolute Gasteiger partial charge is 0.268 e. The topological polar surface area (TPSA) is 17.8 Å². The van der Waals surface area contributed by atoms with E-state index in [0.717, 1.165) is 6.42 Å². The Labute approximate surface area is 65.8 Å². The summed E-state index contributed by atoms with van der Waals surface area (Å²) in [5, 5.41) is 4.78. The molecular weight excluding hydrogens is 148 g/mol. The summed E-state index contributed by atoms with van der Waals surface area (Å²) in [6, 6.07) is 0.451. The molecule has 1 aromatic heterocycles. The Morgan fingerprint density at radius 3 is 2.90 bits per heavy atom. The van der Waals surface area contributed by atoms with Crippen LogP contribution >= 0.6 is 11.6 Å². The quantitative estimate of drug-likeness (QED) is 0.647. The van der Waals surface area contributed by atoms with Crippen LogP contribution < -0.4 is 0 Å². The van der Waals surface area contributed by atoms with Crippen molar-refractivity contribution in [2.45, 2.75) is 26.3 Å². The molecule has 0 saturated carbocycles. The number of hydrogen-bond acceptors (Lipinski definition) is 1. The average molecular weight is 159 g/mol. The summed E-state index contributed by atoms with van der Waals surface area (Å²) in [7, 11) is 0. The van der Waals surface area contributed by atoms with Crippen molar-refractivity contribution in [1.82, 2.24) is 9.78 Å². The fourth-order valence-corrected chi connectivity index (χ4v) is 0.887. The van der Waals surface area contributed by atoms with Crippen LogP contribution in [0.1, 0.15) is 26.3 Å². The third-order valence-corrected chi connectivity index (χ3v) is 1.81. The van der Waals surface area contributed by atoms with Crippen LogP contribution in [0.3, 0.4) is 0 Å². The second-order valence-electron chi connectivity index (χ2n) is 2.40. The van der Waals surface area contributed by atoms with Crippen molar-refractivity contribution in [3.8, 4) is 0 Å². The van der Waals surface area contributed by atoms with E-state index in [-0.39, 0.29) is 0 Å². The van der Waals surface area contributed by atoms with Crippen LogP contribution in [0.2, 0.25) is 5.02 Å². The third kappa shape index (κ3) is 1.51. The maximum atomic E-state index is 5.68. The van der Waals surface area contributed by atoms with Gasteiger partial charge in [0.05, 0.1) is 11.2 Å². The van der Waals surface area contributed by atoms with Gasteiger partial charge in [-0.3, -0.25) is 4.68 Å². The average Bonchev–Trinajstić information content (AvgIpc) is 2.34. The minimum absolute atomic E-state index is 0.451. The first-order chi connectivity index (χ1) is 4.74. The highest BCUT2D eigenvalue weighted by molar-refractivity contribution is 6.30. The fraction of sp³-hybridized carbons (Fsp3) is 0.571. The second-order valence-corrected chi connectivity index (χ2v) is 2.83. The van der Waals surface area contributed by atoms with Gasteiger partial charge in [-0.15, -0.1) is 0 Å². The van der Waals surface area contributed by atoms with Crippen LogP contribution in [0.5, 0.6) is 0 Å². The minimum Gasteiger partial charge on any atom is -0.268 e. The predicted molar refractivity (Wildman–Crippen MR) is 42.2 cm³/mol. The van der Waals surface area contributed by atoms with Crippen LogP contribution in [0, 0.1) is 0 Å². The van der Waals surface area contributed by atoms with E-state index in [4.69, 9.17) is 11.6 Å². The predicted octanol–water partition coefficient (Wildman–Crippen LogP) is 2.51. The molecule has 0 radical (unpaired) electrons. The monoisotopic (exact) mass is 158 g/mol. The fourth-order valence-electron chi connectivity index (χ4n) is 0.743. The molecule has 0 fully saturated rings. The molecule has 1 rings (SSSR count). The smallest absolute Gasteiger partial charge is 0.0785 e. The molecule has 1 unspecified atom stereocenters. The van der Waals surface area contributed by atoms with E-state index in [1.165, 1.54) is 0 Å². The second kappa shape index (κ2) is 3.06. The zero-order valence-corrected chi connectivity index (χ0v) is 6.97. The summed E-state index contributed by atoms with van der Waals surface area (Å²) < 4.78 is 1.88. The molecule has 0 aliphatic heterocycles. The van der Waals surface area contributed by atoms with Gasteiger partial charge in [-0.2, -0.15) is 5.10 Å². The molecule has 56 valence electrons. The van der Waals surface area contributed by atoms with Crippen LogP contribution in [0.15, 0.2) is 12.4 Å². The van der Waals surface area contributed by atoms with Crippen molar-refractivity contribution in [2.24, 2.45) is 0 Å². The van der Waals surface area contributed by atoms with Gasteiger partial charge in [-0.1, -0.05) is 18.5 Å². The molecule has 0 N–H and O–H groups in total. The van der Waals surface area contributed by atoms with Crippen LogP contribution in [-0.2, 0) is 0 Å². The Morgan fingerprint density at radius 1 is 1.80 bits per heavy atom. The molecule has 0 aliphatic carbocycles. The van der Waals surface area contributed by atoms with E-state index < -0.39 is 0 Å². The van der Waals surface area contributed by atoms with Crippen molar-refractivity contribution in [2.75, 3.05) is 0 Å². The molecule has 0 aliphatic rings.